The van der Waals surface area contributed by atoms with Crippen molar-refractivity contribution in [1.82, 2.24) is 21.3 Å². The predicted octanol–water partition coefficient (Wildman–Crippen LogP) is 2.88. The highest BCUT2D eigenvalue weighted by molar-refractivity contribution is 8.00. The largest absolute Gasteiger partial charge is 0.407 e. The van der Waals surface area contributed by atoms with Crippen molar-refractivity contribution >= 4 is 48.5 Å². The van der Waals surface area contributed by atoms with Gasteiger partial charge < -0.3 is 49.1 Å². The minimum atomic E-state index is -3.18. The summed E-state index contributed by atoms with van der Waals surface area (Å²) in [5.41, 5.74) is -0.739. The van der Waals surface area contributed by atoms with Crippen LogP contribution in [-0.4, -0.2) is 128 Å². The van der Waals surface area contributed by atoms with E-state index in [4.69, 9.17) is 34.2 Å². The first-order chi connectivity index (χ1) is 27.7. The molecule has 4 rings (SSSR count). The van der Waals surface area contributed by atoms with Gasteiger partial charge in [-0.1, -0.05) is 67.1 Å². The summed E-state index contributed by atoms with van der Waals surface area (Å²) in [6, 6.07) is 20.4. The molecule has 13 nitrogen and oxygen atoms in total. The van der Waals surface area contributed by atoms with Crippen molar-refractivity contribution in [1.29, 1.82) is 0 Å². The Morgan fingerprint density at radius 1 is 0.789 bits per heavy atom. The second-order valence-corrected chi connectivity index (χ2v) is 18.7. The molecule has 3 atom stereocenters. The lowest BCUT2D eigenvalue weighted by atomic mass is 10.0. The van der Waals surface area contributed by atoms with Crippen molar-refractivity contribution in [2.24, 2.45) is 0 Å². The van der Waals surface area contributed by atoms with Crippen LogP contribution < -0.4 is 31.6 Å². The third kappa shape index (κ3) is 16.7. The molecule has 4 N–H and O–H groups in total. The Kier molecular flexibility index (Phi) is 20.9. The molecule has 57 heavy (non-hydrogen) atoms. The number of amides is 4. The smallest absolute Gasteiger partial charge is 0.388 e. The van der Waals surface area contributed by atoms with Gasteiger partial charge in [-0.05, 0) is 43.5 Å². The van der Waals surface area contributed by atoms with E-state index in [1.165, 1.54) is 0 Å². The van der Waals surface area contributed by atoms with Crippen LogP contribution in [0.15, 0.2) is 60.7 Å². The molecule has 0 bridgehead atoms. The summed E-state index contributed by atoms with van der Waals surface area (Å²) in [5.74, 6) is 3.53. The lowest BCUT2D eigenvalue weighted by molar-refractivity contribution is -0.123. The van der Waals surface area contributed by atoms with E-state index in [0.717, 1.165) is 41.8 Å². The average Bonchev–Trinajstić information content (AvgIpc) is 3.78. The Morgan fingerprint density at radius 3 is 2.02 bits per heavy atom. The van der Waals surface area contributed by atoms with Gasteiger partial charge in [-0.3, -0.25) is 9.59 Å². The van der Waals surface area contributed by atoms with Crippen molar-refractivity contribution in [3.63, 3.8) is 0 Å². The molecule has 0 aromatic heterocycles. The van der Waals surface area contributed by atoms with Crippen LogP contribution >= 0.6 is 11.8 Å². The van der Waals surface area contributed by atoms with Gasteiger partial charge in [0.05, 0.1) is 70.5 Å². The second-order valence-electron chi connectivity index (χ2n) is 14.6. The second kappa shape index (κ2) is 25.8. The number of urea groups is 1. The van der Waals surface area contributed by atoms with Gasteiger partial charge in [0.1, 0.15) is 0 Å². The van der Waals surface area contributed by atoms with Gasteiger partial charge >= 0.3 is 14.6 Å². The van der Waals surface area contributed by atoms with Crippen molar-refractivity contribution in [2.45, 2.75) is 81.7 Å². The molecule has 0 spiro atoms. The molecular formula is C42H62N4O9SSi. The molecule has 4 amide bonds. The quantitative estimate of drug-likeness (QED) is 0.0401. The Balaban J connectivity index is 0.974. The zero-order valence-corrected chi connectivity index (χ0v) is 35.4. The van der Waals surface area contributed by atoms with Crippen molar-refractivity contribution in [3.8, 4) is 12.3 Å². The zero-order valence-electron chi connectivity index (χ0n) is 33.6. The van der Waals surface area contributed by atoms with E-state index in [1.54, 1.807) is 0 Å². The Labute approximate surface area is 344 Å². The number of rotatable bonds is 30. The summed E-state index contributed by atoms with van der Waals surface area (Å²) in [6.45, 7) is 8.32. The van der Waals surface area contributed by atoms with Gasteiger partial charge in [0.15, 0.2) is 0 Å². The standard InChI is InChI=1S/C42H62N4O9SSi/c1-4-5-14-23-54-57(34-15-8-6-9-16-34,35-17-10-7-11-18-35)55-42(2,3)33-44-39(48)21-24-50-26-28-52-30-31-53-29-27-51-25-22-43-38(47)20-13-12-19-37-40-36(32-56-37)45-41(49)46-40/h1,6-11,15-18,36-37,40H,5,12-14,19-33H2,2-3H3,(H,43,47)(H,44,48)(H2,45,46,49)/t36-,37-,40-/m0/s1. The molecule has 2 aliphatic rings. The predicted molar refractivity (Wildman–Crippen MR) is 225 cm³/mol. The third-order valence-electron chi connectivity index (χ3n) is 9.45. The number of terminal acetylenes is 1. The molecule has 0 radical (unpaired) electrons. The van der Waals surface area contributed by atoms with Gasteiger partial charge in [0, 0.05) is 50.0 Å². The summed E-state index contributed by atoms with van der Waals surface area (Å²) in [6.07, 6.45) is 10.3. The van der Waals surface area contributed by atoms with Gasteiger partial charge in [0.2, 0.25) is 11.8 Å². The minimum Gasteiger partial charge on any atom is -0.388 e. The number of carbonyl (C=O) groups is 3. The first-order valence-corrected chi connectivity index (χ1v) is 23.0. The topological polar surface area (TPSA) is 155 Å². The fourth-order valence-corrected chi connectivity index (χ4v) is 11.6. The summed E-state index contributed by atoms with van der Waals surface area (Å²) in [7, 11) is -3.18. The van der Waals surface area contributed by atoms with Gasteiger partial charge in [0.25, 0.3) is 0 Å². The number of hydrogen-bond acceptors (Lipinski definition) is 10. The molecule has 2 aliphatic heterocycles. The number of nitrogens with one attached hydrogen (secondary N) is 4. The first kappa shape index (κ1) is 46.2. The third-order valence-corrected chi connectivity index (χ3v) is 14.6. The van der Waals surface area contributed by atoms with Crippen LogP contribution in [0.3, 0.4) is 0 Å². The number of ether oxygens (including phenoxy) is 4. The average molecular weight is 827 g/mol. The summed E-state index contributed by atoms with van der Waals surface area (Å²) in [4.78, 5) is 36.3. The van der Waals surface area contributed by atoms with E-state index >= 15 is 0 Å². The van der Waals surface area contributed by atoms with Crippen molar-refractivity contribution in [3.05, 3.63) is 60.7 Å². The number of carbonyl (C=O) groups excluding carboxylic acids is 3. The molecule has 2 aromatic rings. The Morgan fingerprint density at radius 2 is 1.39 bits per heavy atom. The zero-order chi connectivity index (χ0) is 40.6. The van der Waals surface area contributed by atoms with Crippen LogP contribution in [0.5, 0.6) is 0 Å². The van der Waals surface area contributed by atoms with E-state index in [9.17, 15) is 14.4 Å². The van der Waals surface area contributed by atoms with Crippen LogP contribution in [0.25, 0.3) is 0 Å². The molecule has 15 heteroatoms. The van der Waals surface area contributed by atoms with E-state index in [0.29, 0.717) is 84.0 Å². The number of unbranched alkanes of at least 4 members (excludes halogenated alkanes) is 2. The highest BCUT2D eigenvalue weighted by Crippen LogP contribution is 2.33. The van der Waals surface area contributed by atoms with E-state index in [2.05, 4.69) is 27.2 Å². The fraction of sp³-hybridized carbons (Fsp3) is 0.595. The lowest BCUT2D eigenvalue weighted by Crippen LogP contribution is -2.67. The summed E-state index contributed by atoms with van der Waals surface area (Å²) >= 11 is 1.90. The fourth-order valence-electron chi connectivity index (χ4n) is 6.56. The lowest BCUT2D eigenvalue weighted by Gasteiger charge is -2.39. The number of hydrogen-bond donors (Lipinski definition) is 4. The van der Waals surface area contributed by atoms with Gasteiger partial charge in [-0.25, -0.2) is 4.79 Å². The van der Waals surface area contributed by atoms with Gasteiger partial charge in [-0.2, -0.15) is 11.8 Å². The van der Waals surface area contributed by atoms with Crippen LogP contribution in [0.1, 0.15) is 58.8 Å². The Hall–Kier alpha value is -3.46. The minimum absolute atomic E-state index is 0.0304. The Bertz CT molecular complexity index is 1480. The number of fused-ring (bicyclic) bond motifs is 1. The highest BCUT2D eigenvalue weighted by atomic mass is 32.2. The number of benzene rings is 2. The molecule has 2 fully saturated rings. The molecule has 2 aromatic carbocycles. The first-order valence-electron chi connectivity index (χ1n) is 20.1. The maximum atomic E-state index is 12.7. The molecule has 2 saturated heterocycles. The SMILES string of the molecule is C#CCCCO[Si](OC(C)(C)CNC(=O)CCOCCOCCOCCOCCNC(=O)CCCC[C@@H]1SC[C@@H]2NC(=O)N[C@@H]21)(c1ccccc1)c1ccccc1. The van der Waals surface area contributed by atoms with Crippen molar-refractivity contribution in [2.75, 3.05) is 78.3 Å². The summed E-state index contributed by atoms with van der Waals surface area (Å²) in [5, 5.41) is 14.3. The molecule has 0 aliphatic carbocycles. The van der Waals surface area contributed by atoms with Gasteiger partial charge in [-0.15, -0.1) is 12.3 Å². The maximum Gasteiger partial charge on any atom is 0.407 e. The van der Waals surface area contributed by atoms with Crippen LogP contribution in [0, 0.1) is 12.3 Å². The number of thioether (sulfide) groups is 1. The van der Waals surface area contributed by atoms with E-state index < -0.39 is 14.2 Å². The van der Waals surface area contributed by atoms with E-state index in [-0.39, 0.29) is 43.0 Å². The van der Waals surface area contributed by atoms with Crippen molar-refractivity contribution < 1.29 is 42.2 Å². The van der Waals surface area contributed by atoms with Crippen LogP contribution in [-0.2, 0) is 37.4 Å². The highest BCUT2D eigenvalue weighted by Gasteiger charge is 2.47. The molecule has 314 valence electrons. The molecular weight excluding hydrogens is 765 g/mol. The summed E-state index contributed by atoms with van der Waals surface area (Å²) < 4.78 is 35.9. The normalized spacial score (nSPS) is 17.7. The van der Waals surface area contributed by atoms with E-state index in [1.807, 2.05) is 86.3 Å². The van der Waals surface area contributed by atoms with Crippen LogP contribution in [0.2, 0.25) is 0 Å². The molecule has 0 unspecified atom stereocenters. The monoisotopic (exact) mass is 826 g/mol. The van der Waals surface area contributed by atoms with Crippen LogP contribution in [0.4, 0.5) is 4.79 Å². The molecule has 2 heterocycles. The maximum absolute atomic E-state index is 12.7. The molecule has 0 saturated carbocycles.